The Bertz CT molecular complexity index is 429. The zero-order valence-electron chi connectivity index (χ0n) is 10.6. The van der Waals surface area contributed by atoms with Crippen LogP contribution in [0.25, 0.3) is 0 Å². The summed E-state index contributed by atoms with van der Waals surface area (Å²) in [6.07, 6.45) is 3.41. The van der Waals surface area contributed by atoms with E-state index in [4.69, 9.17) is 0 Å². The molecule has 0 spiro atoms. The van der Waals surface area contributed by atoms with E-state index in [1.807, 2.05) is 6.92 Å². The van der Waals surface area contributed by atoms with Crippen molar-refractivity contribution in [2.45, 2.75) is 51.9 Å². The molecular formula is C15H20O. The van der Waals surface area contributed by atoms with E-state index < -0.39 is 0 Å². The molecule has 1 nitrogen and oxygen atoms in total. The molecule has 0 aliphatic heterocycles. The van der Waals surface area contributed by atoms with Crippen LogP contribution in [0.1, 0.15) is 55.4 Å². The Kier molecular flexibility index (Phi) is 2.65. The van der Waals surface area contributed by atoms with Gasteiger partial charge in [-0.25, -0.2) is 0 Å². The minimum atomic E-state index is 0.0222. The topological polar surface area (TPSA) is 17.1 Å². The van der Waals surface area contributed by atoms with Crippen molar-refractivity contribution in [3.05, 3.63) is 34.4 Å². The van der Waals surface area contributed by atoms with E-state index in [0.29, 0.717) is 5.41 Å². The van der Waals surface area contributed by atoms with Crippen molar-refractivity contribution >= 4 is 6.29 Å². The van der Waals surface area contributed by atoms with Gasteiger partial charge in [0.1, 0.15) is 6.29 Å². The third-order valence-electron chi connectivity index (χ3n) is 3.94. The molecule has 16 heavy (non-hydrogen) atoms. The van der Waals surface area contributed by atoms with Crippen molar-refractivity contribution in [2.75, 3.05) is 0 Å². The number of aldehydes is 1. The Hall–Kier alpha value is -1.11. The largest absolute Gasteiger partial charge is 0.303 e. The van der Waals surface area contributed by atoms with E-state index in [1.54, 1.807) is 0 Å². The van der Waals surface area contributed by atoms with Gasteiger partial charge >= 0.3 is 0 Å². The van der Waals surface area contributed by atoms with E-state index in [0.717, 1.165) is 12.7 Å². The molecular weight excluding hydrogens is 196 g/mol. The van der Waals surface area contributed by atoms with Crippen molar-refractivity contribution in [3.8, 4) is 0 Å². The second-order valence-corrected chi connectivity index (χ2v) is 5.67. The standard InChI is InChI=1S/C15H20O/c1-10-7-14-12(5-6-15(14,3)4)8-13(10)11(2)9-16/h7-9,11H,5-6H2,1-4H3. The fraction of sp³-hybridized carbons (Fsp3) is 0.533. The highest BCUT2D eigenvalue weighted by molar-refractivity contribution is 5.63. The number of carbonyl (C=O) groups excluding carboxylic acids is 1. The molecule has 0 radical (unpaired) electrons. The minimum absolute atomic E-state index is 0.0222. The van der Waals surface area contributed by atoms with E-state index in [1.165, 1.54) is 28.7 Å². The molecule has 1 aromatic carbocycles. The van der Waals surface area contributed by atoms with Crippen LogP contribution >= 0.6 is 0 Å². The van der Waals surface area contributed by atoms with Crippen molar-refractivity contribution in [3.63, 3.8) is 0 Å². The maximum atomic E-state index is 10.9. The number of rotatable bonds is 2. The van der Waals surface area contributed by atoms with Gasteiger partial charge in [0, 0.05) is 5.92 Å². The Labute approximate surface area is 97.9 Å². The van der Waals surface area contributed by atoms with Crippen LogP contribution in [-0.4, -0.2) is 6.29 Å². The van der Waals surface area contributed by atoms with Gasteiger partial charge in [-0.15, -0.1) is 0 Å². The Morgan fingerprint density at radius 3 is 2.69 bits per heavy atom. The number of aryl methyl sites for hydroxylation is 2. The Morgan fingerprint density at radius 2 is 2.06 bits per heavy atom. The molecule has 1 aliphatic carbocycles. The molecule has 0 aromatic heterocycles. The number of hydrogen-bond acceptors (Lipinski definition) is 1. The van der Waals surface area contributed by atoms with Gasteiger partial charge in [-0.1, -0.05) is 32.9 Å². The fourth-order valence-electron chi connectivity index (χ4n) is 2.75. The van der Waals surface area contributed by atoms with Crippen LogP contribution in [0.15, 0.2) is 12.1 Å². The quantitative estimate of drug-likeness (QED) is 0.691. The predicted molar refractivity (Wildman–Crippen MR) is 67.0 cm³/mol. The lowest BCUT2D eigenvalue weighted by molar-refractivity contribution is -0.108. The number of hydrogen-bond donors (Lipinski definition) is 0. The third-order valence-corrected chi connectivity index (χ3v) is 3.94. The Balaban J connectivity index is 2.53. The normalized spacial score (nSPS) is 19.2. The monoisotopic (exact) mass is 216 g/mol. The first kappa shape index (κ1) is 11.4. The van der Waals surface area contributed by atoms with Crippen LogP contribution in [0, 0.1) is 6.92 Å². The van der Waals surface area contributed by atoms with Crippen molar-refractivity contribution in [2.24, 2.45) is 0 Å². The summed E-state index contributed by atoms with van der Waals surface area (Å²) in [6.45, 7) is 8.70. The van der Waals surface area contributed by atoms with Gasteiger partial charge in [0.25, 0.3) is 0 Å². The average Bonchev–Trinajstić information content (AvgIpc) is 2.53. The lowest BCUT2D eigenvalue weighted by Crippen LogP contribution is -2.12. The van der Waals surface area contributed by atoms with Crippen LogP contribution in [0.5, 0.6) is 0 Å². The first-order valence-corrected chi connectivity index (χ1v) is 6.05. The van der Waals surface area contributed by atoms with E-state index in [9.17, 15) is 4.79 Å². The number of carbonyl (C=O) groups is 1. The molecule has 2 rings (SSSR count). The molecule has 0 amide bonds. The van der Waals surface area contributed by atoms with Crippen LogP contribution < -0.4 is 0 Å². The zero-order chi connectivity index (χ0) is 11.9. The molecule has 0 fully saturated rings. The molecule has 0 bridgehead atoms. The highest BCUT2D eigenvalue weighted by Crippen LogP contribution is 2.40. The molecule has 1 unspecified atom stereocenters. The van der Waals surface area contributed by atoms with E-state index in [2.05, 4.69) is 32.9 Å². The lowest BCUT2D eigenvalue weighted by Gasteiger charge is -2.20. The average molecular weight is 216 g/mol. The molecule has 1 aromatic rings. The summed E-state index contributed by atoms with van der Waals surface area (Å²) in [5.74, 6) is 0.0222. The van der Waals surface area contributed by atoms with Gasteiger partial charge in [-0.05, 0) is 47.4 Å². The first-order valence-electron chi connectivity index (χ1n) is 6.05. The highest BCUT2D eigenvalue weighted by atomic mass is 16.1. The lowest BCUT2D eigenvalue weighted by atomic mass is 9.84. The molecule has 86 valence electrons. The van der Waals surface area contributed by atoms with Crippen LogP contribution in [0.4, 0.5) is 0 Å². The smallest absolute Gasteiger partial charge is 0.127 e. The molecule has 0 N–H and O–H groups in total. The number of fused-ring (bicyclic) bond motifs is 1. The van der Waals surface area contributed by atoms with Crippen molar-refractivity contribution < 1.29 is 4.79 Å². The van der Waals surface area contributed by atoms with Gasteiger partial charge < -0.3 is 4.79 Å². The van der Waals surface area contributed by atoms with Gasteiger partial charge in [-0.2, -0.15) is 0 Å². The Morgan fingerprint density at radius 1 is 1.38 bits per heavy atom. The molecule has 0 saturated heterocycles. The summed E-state index contributed by atoms with van der Waals surface area (Å²) < 4.78 is 0. The SMILES string of the molecule is Cc1cc2c(cc1C(C)C=O)CCC2(C)C. The van der Waals surface area contributed by atoms with E-state index in [-0.39, 0.29) is 5.92 Å². The highest BCUT2D eigenvalue weighted by Gasteiger charge is 2.30. The fourth-order valence-corrected chi connectivity index (χ4v) is 2.75. The molecule has 1 aliphatic rings. The predicted octanol–water partition coefficient (Wildman–Crippen LogP) is 3.52. The van der Waals surface area contributed by atoms with Crippen LogP contribution in [0.2, 0.25) is 0 Å². The first-order chi connectivity index (χ1) is 7.45. The summed E-state index contributed by atoms with van der Waals surface area (Å²) in [4.78, 5) is 10.9. The van der Waals surface area contributed by atoms with Gasteiger partial charge in [-0.3, -0.25) is 0 Å². The zero-order valence-corrected chi connectivity index (χ0v) is 10.6. The number of benzene rings is 1. The molecule has 1 heteroatoms. The van der Waals surface area contributed by atoms with Gasteiger partial charge in [0.05, 0.1) is 0 Å². The van der Waals surface area contributed by atoms with Gasteiger partial charge in [0.15, 0.2) is 0 Å². The van der Waals surface area contributed by atoms with Gasteiger partial charge in [0.2, 0.25) is 0 Å². The maximum Gasteiger partial charge on any atom is 0.127 e. The summed E-state index contributed by atoms with van der Waals surface area (Å²) in [6, 6.07) is 4.54. The molecule has 1 atom stereocenters. The minimum Gasteiger partial charge on any atom is -0.303 e. The van der Waals surface area contributed by atoms with Crippen LogP contribution in [-0.2, 0) is 16.6 Å². The van der Waals surface area contributed by atoms with Crippen molar-refractivity contribution in [1.29, 1.82) is 0 Å². The second kappa shape index (κ2) is 3.73. The van der Waals surface area contributed by atoms with Crippen LogP contribution in [0.3, 0.4) is 0 Å². The summed E-state index contributed by atoms with van der Waals surface area (Å²) in [7, 11) is 0. The third kappa shape index (κ3) is 1.68. The maximum absolute atomic E-state index is 10.9. The van der Waals surface area contributed by atoms with Crippen molar-refractivity contribution in [1.82, 2.24) is 0 Å². The summed E-state index contributed by atoms with van der Waals surface area (Å²) in [5, 5.41) is 0. The van der Waals surface area contributed by atoms with E-state index >= 15 is 0 Å². The molecule has 0 heterocycles. The molecule has 0 saturated carbocycles. The summed E-state index contributed by atoms with van der Waals surface area (Å²) in [5.41, 5.74) is 5.69. The summed E-state index contributed by atoms with van der Waals surface area (Å²) >= 11 is 0. The second-order valence-electron chi connectivity index (χ2n) is 5.67.